The summed E-state index contributed by atoms with van der Waals surface area (Å²) in [4.78, 5) is 15.5. The number of nitrogens with zero attached hydrogens (tertiary/aromatic N) is 1. The summed E-state index contributed by atoms with van der Waals surface area (Å²) >= 11 is 0. The van der Waals surface area contributed by atoms with Crippen LogP contribution in [0.25, 0.3) is 22.4 Å². The second-order valence-corrected chi connectivity index (χ2v) is 6.47. The van der Waals surface area contributed by atoms with Crippen molar-refractivity contribution in [3.63, 3.8) is 0 Å². The van der Waals surface area contributed by atoms with Gasteiger partial charge in [-0.25, -0.2) is 4.79 Å². The minimum atomic E-state index is -4.25. The van der Waals surface area contributed by atoms with E-state index in [-0.39, 0.29) is 12.0 Å². The number of alkyl halides is 3. The van der Waals surface area contributed by atoms with E-state index in [0.717, 1.165) is 5.56 Å². The Kier molecular flexibility index (Phi) is 5.87. The van der Waals surface area contributed by atoms with E-state index in [1.807, 2.05) is 12.1 Å². The molecule has 3 rings (SSSR count). The lowest BCUT2D eigenvalue weighted by atomic mass is 9.96. The molecule has 2 aromatic carbocycles. The molecular weight excluding hydrogens is 383 g/mol. The number of carboxylic acids is 1. The molecule has 0 atom stereocenters. The summed E-state index contributed by atoms with van der Waals surface area (Å²) in [5, 5.41) is 9.09. The summed E-state index contributed by atoms with van der Waals surface area (Å²) < 4.78 is 43.0. The molecule has 0 saturated carbocycles. The van der Waals surface area contributed by atoms with Crippen LogP contribution < -0.4 is 4.74 Å². The van der Waals surface area contributed by atoms with Crippen LogP contribution in [-0.4, -0.2) is 29.3 Å². The highest BCUT2D eigenvalue weighted by molar-refractivity contribution is 5.89. The van der Waals surface area contributed by atoms with E-state index >= 15 is 0 Å². The van der Waals surface area contributed by atoms with Crippen molar-refractivity contribution in [2.75, 3.05) is 7.11 Å². The molecule has 0 bridgehead atoms. The van der Waals surface area contributed by atoms with Gasteiger partial charge in [-0.1, -0.05) is 12.1 Å². The number of carboxylic acid groups (broad SMARTS) is 1. The molecule has 0 radical (unpaired) electrons. The number of ether oxygens (including phenoxy) is 1. The van der Waals surface area contributed by atoms with E-state index in [1.165, 1.54) is 18.3 Å². The molecule has 0 unspecified atom stereocenters. The smallest absolute Gasteiger partial charge is 0.389 e. The van der Waals surface area contributed by atoms with Crippen LogP contribution in [0.2, 0.25) is 0 Å². The first-order valence-electron chi connectivity index (χ1n) is 8.80. The average Bonchev–Trinajstić information content (AvgIpc) is 2.72. The quantitative estimate of drug-likeness (QED) is 0.583. The van der Waals surface area contributed by atoms with Crippen LogP contribution in [0.3, 0.4) is 0 Å². The van der Waals surface area contributed by atoms with Gasteiger partial charge in [-0.05, 0) is 60.0 Å². The molecule has 0 fully saturated rings. The van der Waals surface area contributed by atoms with Gasteiger partial charge in [0, 0.05) is 23.7 Å². The van der Waals surface area contributed by atoms with Crippen LogP contribution in [0.5, 0.6) is 5.75 Å². The Hall–Kier alpha value is -3.35. The van der Waals surface area contributed by atoms with Gasteiger partial charge in [0.2, 0.25) is 0 Å². The largest absolute Gasteiger partial charge is 0.497 e. The van der Waals surface area contributed by atoms with Crippen molar-refractivity contribution in [3.05, 3.63) is 71.9 Å². The number of aromatic nitrogens is 1. The van der Waals surface area contributed by atoms with Crippen LogP contribution >= 0.6 is 0 Å². The zero-order chi connectivity index (χ0) is 21.0. The Labute approximate surface area is 165 Å². The maximum Gasteiger partial charge on any atom is 0.389 e. The summed E-state index contributed by atoms with van der Waals surface area (Å²) in [5.74, 6) is -0.383. The standard InChI is InChI=1S/C22H18F3NO3/c1-29-18-8-6-16(7-9-18)20-19(15-2-4-17(5-3-15)21(27)28)12-14(13-26-20)10-11-22(23,24)25/h2-9,12-13H,10-11H2,1H3,(H,27,28). The summed E-state index contributed by atoms with van der Waals surface area (Å²) in [6.45, 7) is 0. The molecular formula is C22H18F3NO3. The Balaban J connectivity index is 2.05. The van der Waals surface area contributed by atoms with E-state index in [2.05, 4.69) is 4.98 Å². The second-order valence-electron chi connectivity index (χ2n) is 6.47. The van der Waals surface area contributed by atoms with Gasteiger partial charge in [-0.2, -0.15) is 13.2 Å². The first kappa shape index (κ1) is 20.4. The van der Waals surface area contributed by atoms with E-state index in [4.69, 9.17) is 9.84 Å². The van der Waals surface area contributed by atoms with Gasteiger partial charge >= 0.3 is 12.1 Å². The number of halogens is 3. The number of pyridine rings is 1. The Morgan fingerprint density at radius 1 is 1.03 bits per heavy atom. The molecule has 29 heavy (non-hydrogen) atoms. The van der Waals surface area contributed by atoms with Crippen LogP contribution in [-0.2, 0) is 6.42 Å². The Morgan fingerprint density at radius 3 is 2.21 bits per heavy atom. The molecule has 0 amide bonds. The van der Waals surface area contributed by atoms with Gasteiger partial charge < -0.3 is 9.84 Å². The SMILES string of the molecule is COc1ccc(-c2ncc(CCC(F)(F)F)cc2-c2ccc(C(=O)O)cc2)cc1. The summed E-state index contributed by atoms with van der Waals surface area (Å²) in [6.07, 6.45) is -3.92. The highest BCUT2D eigenvalue weighted by atomic mass is 19.4. The van der Waals surface area contributed by atoms with Crippen molar-refractivity contribution in [2.24, 2.45) is 0 Å². The molecule has 7 heteroatoms. The van der Waals surface area contributed by atoms with Crippen LogP contribution in [0.4, 0.5) is 13.2 Å². The molecule has 150 valence electrons. The third-order valence-electron chi connectivity index (χ3n) is 4.45. The fourth-order valence-corrected chi connectivity index (χ4v) is 2.92. The number of hydrogen-bond acceptors (Lipinski definition) is 3. The predicted octanol–water partition coefficient (Wildman–Crippen LogP) is 5.62. The van der Waals surface area contributed by atoms with Crippen LogP contribution in [0.15, 0.2) is 60.8 Å². The minimum absolute atomic E-state index is 0.126. The molecule has 1 heterocycles. The van der Waals surface area contributed by atoms with E-state index in [9.17, 15) is 18.0 Å². The van der Waals surface area contributed by atoms with Crippen LogP contribution in [0.1, 0.15) is 22.3 Å². The Bertz CT molecular complexity index is 997. The maximum absolute atomic E-state index is 12.6. The summed E-state index contributed by atoms with van der Waals surface area (Å²) in [5.41, 5.74) is 3.24. The highest BCUT2D eigenvalue weighted by Crippen LogP contribution is 2.33. The number of hydrogen-bond donors (Lipinski definition) is 1. The first-order chi connectivity index (χ1) is 13.8. The number of carbonyl (C=O) groups is 1. The van der Waals surface area contributed by atoms with Crippen LogP contribution in [0, 0.1) is 0 Å². The maximum atomic E-state index is 12.6. The number of benzene rings is 2. The lowest BCUT2D eigenvalue weighted by molar-refractivity contribution is -0.134. The lowest BCUT2D eigenvalue weighted by Crippen LogP contribution is -2.08. The second kappa shape index (κ2) is 8.34. The normalized spacial score (nSPS) is 11.3. The van der Waals surface area contributed by atoms with Crippen molar-refractivity contribution >= 4 is 5.97 Å². The molecule has 0 aliphatic heterocycles. The zero-order valence-electron chi connectivity index (χ0n) is 15.5. The van der Waals surface area contributed by atoms with Gasteiger partial charge in [-0.3, -0.25) is 4.98 Å². The third kappa shape index (κ3) is 5.13. The number of methoxy groups -OCH3 is 1. The van der Waals surface area contributed by atoms with E-state index < -0.39 is 18.6 Å². The summed E-state index contributed by atoms with van der Waals surface area (Å²) in [6, 6.07) is 15.0. The Morgan fingerprint density at radius 2 is 1.66 bits per heavy atom. The molecule has 0 aliphatic rings. The van der Waals surface area contributed by atoms with Crippen molar-refractivity contribution < 1.29 is 27.8 Å². The van der Waals surface area contributed by atoms with Gasteiger partial charge in [0.1, 0.15) is 5.75 Å². The van der Waals surface area contributed by atoms with Crippen molar-refractivity contribution in [3.8, 4) is 28.1 Å². The number of rotatable bonds is 6. The monoisotopic (exact) mass is 401 g/mol. The number of aryl methyl sites for hydroxylation is 1. The zero-order valence-corrected chi connectivity index (χ0v) is 15.5. The molecule has 0 spiro atoms. The molecule has 0 aliphatic carbocycles. The molecule has 3 aromatic rings. The first-order valence-corrected chi connectivity index (χ1v) is 8.80. The fraction of sp³-hybridized carbons (Fsp3) is 0.182. The average molecular weight is 401 g/mol. The molecule has 0 saturated heterocycles. The van der Waals surface area contributed by atoms with Crippen molar-refractivity contribution in [1.29, 1.82) is 0 Å². The van der Waals surface area contributed by atoms with Crippen molar-refractivity contribution in [1.82, 2.24) is 4.98 Å². The number of aromatic carboxylic acids is 1. The van der Waals surface area contributed by atoms with E-state index in [0.29, 0.717) is 28.1 Å². The minimum Gasteiger partial charge on any atom is -0.497 e. The predicted molar refractivity (Wildman–Crippen MR) is 103 cm³/mol. The van der Waals surface area contributed by atoms with Crippen molar-refractivity contribution in [2.45, 2.75) is 19.0 Å². The van der Waals surface area contributed by atoms with Gasteiger partial charge in [0.15, 0.2) is 0 Å². The highest BCUT2D eigenvalue weighted by Gasteiger charge is 2.26. The topological polar surface area (TPSA) is 59.4 Å². The summed E-state index contributed by atoms with van der Waals surface area (Å²) in [7, 11) is 1.55. The fourth-order valence-electron chi connectivity index (χ4n) is 2.92. The molecule has 1 N–H and O–H groups in total. The molecule has 4 nitrogen and oxygen atoms in total. The van der Waals surface area contributed by atoms with Gasteiger partial charge in [-0.15, -0.1) is 0 Å². The third-order valence-corrected chi connectivity index (χ3v) is 4.45. The van der Waals surface area contributed by atoms with E-state index in [1.54, 1.807) is 37.4 Å². The van der Waals surface area contributed by atoms with Gasteiger partial charge in [0.25, 0.3) is 0 Å². The lowest BCUT2D eigenvalue weighted by Gasteiger charge is -2.13. The molecule has 1 aromatic heterocycles. The van der Waals surface area contributed by atoms with Gasteiger partial charge in [0.05, 0.1) is 18.4 Å².